The van der Waals surface area contributed by atoms with E-state index in [1.54, 1.807) is 25.1 Å². The number of nitrogens with zero attached hydrogens (tertiary/aromatic N) is 1. The highest BCUT2D eigenvalue weighted by Gasteiger charge is 2.12. The number of rotatable bonds is 2. The zero-order valence-corrected chi connectivity index (χ0v) is 9.17. The van der Waals surface area contributed by atoms with Crippen molar-refractivity contribution in [2.24, 2.45) is 0 Å². The minimum Gasteiger partial charge on any atom is -0.463 e. The quantitative estimate of drug-likeness (QED) is 0.599. The summed E-state index contributed by atoms with van der Waals surface area (Å²) < 4.78 is 5.58. The topological polar surface area (TPSA) is 30.7 Å². The van der Waals surface area contributed by atoms with Crippen molar-refractivity contribution in [1.29, 1.82) is 0 Å². The van der Waals surface area contributed by atoms with Crippen molar-refractivity contribution in [1.82, 2.24) is 0 Å². The second-order valence-electron chi connectivity index (χ2n) is 2.49. The first-order valence-corrected chi connectivity index (χ1v) is 4.82. The molecule has 1 rings (SSSR count). The molecule has 0 saturated carbocycles. The third-order valence-corrected chi connectivity index (χ3v) is 2.07. The Balaban J connectivity index is 3.12. The molecule has 0 saturated heterocycles. The minimum absolute atomic E-state index is 0.302. The Morgan fingerprint density at radius 3 is 2.93 bits per heavy atom. The van der Waals surface area contributed by atoms with Gasteiger partial charge in [0.25, 0.3) is 0 Å². The van der Waals surface area contributed by atoms with Crippen LogP contribution in [0.4, 0.5) is 5.69 Å². The summed E-state index contributed by atoms with van der Waals surface area (Å²) in [6.07, 6.45) is 0. The summed E-state index contributed by atoms with van der Waals surface area (Å²) in [6.45, 7) is 8.92. The lowest BCUT2D eigenvalue weighted by atomic mass is 10.2. The fourth-order valence-electron chi connectivity index (χ4n) is 0.978. The van der Waals surface area contributed by atoms with Gasteiger partial charge in [0.2, 0.25) is 5.69 Å². The maximum absolute atomic E-state index is 11.4. The van der Waals surface area contributed by atoms with Crippen molar-refractivity contribution in [2.45, 2.75) is 6.92 Å². The van der Waals surface area contributed by atoms with Gasteiger partial charge in [-0.25, -0.2) is 9.64 Å². The van der Waals surface area contributed by atoms with Gasteiger partial charge in [-0.2, -0.15) is 0 Å². The maximum Gasteiger partial charge on any atom is 0.327 e. The van der Waals surface area contributed by atoms with Crippen LogP contribution in [0.2, 0.25) is 0 Å². The molecule has 0 aliphatic carbocycles. The van der Waals surface area contributed by atoms with Gasteiger partial charge in [0.05, 0.1) is 18.7 Å². The number of hydrogen-bond acceptors (Lipinski definition) is 2. The predicted octanol–water partition coefficient (Wildman–Crippen LogP) is 3.18. The molecule has 0 bridgehead atoms. The van der Waals surface area contributed by atoms with Crippen molar-refractivity contribution in [2.75, 3.05) is 6.61 Å². The summed E-state index contributed by atoms with van der Waals surface area (Å²) in [5.74, 6) is -0.459. The average molecular weight is 254 g/mol. The summed E-state index contributed by atoms with van der Waals surface area (Å²) in [5, 5.41) is 0. The maximum atomic E-state index is 11.4. The Kier molecular flexibility index (Phi) is 3.66. The molecule has 0 heterocycles. The second-order valence-corrected chi connectivity index (χ2v) is 3.41. The number of benzene rings is 1. The fraction of sp³-hybridized carbons (Fsp3) is 0.200. The summed E-state index contributed by atoms with van der Waals surface area (Å²) in [4.78, 5) is 14.6. The number of esters is 1. The van der Waals surface area contributed by atoms with Gasteiger partial charge in [0.15, 0.2) is 0 Å². The molecule has 0 aliphatic rings. The van der Waals surface area contributed by atoms with Gasteiger partial charge >= 0.3 is 5.97 Å². The summed E-state index contributed by atoms with van der Waals surface area (Å²) in [6, 6.07) is 4.89. The van der Waals surface area contributed by atoms with E-state index < -0.39 is 5.97 Å². The zero-order valence-electron chi connectivity index (χ0n) is 7.58. The Morgan fingerprint density at radius 1 is 1.64 bits per heavy atom. The highest BCUT2D eigenvalue weighted by atomic mass is 79.9. The van der Waals surface area contributed by atoms with Gasteiger partial charge in [0, 0.05) is 4.47 Å². The third kappa shape index (κ3) is 2.33. The van der Waals surface area contributed by atoms with Gasteiger partial charge in [0.1, 0.15) is 0 Å². The van der Waals surface area contributed by atoms with Crippen molar-refractivity contribution in [3.63, 3.8) is 0 Å². The molecule has 0 amide bonds. The van der Waals surface area contributed by atoms with Crippen molar-refractivity contribution >= 4 is 27.6 Å². The Morgan fingerprint density at radius 2 is 2.36 bits per heavy atom. The van der Waals surface area contributed by atoms with Crippen LogP contribution in [0.5, 0.6) is 0 Å². The van der Waals surface area contributed by atoms with E-state index >= 15 is 0 Å². The molecular formula is C10H8BrNO2. The fourth-order valence-corrected chi connectivity index (χ4v) is 1.34. The van der Waals surface area contributed by atoms with Crippen molar-refractivity contribution in [3.05, 3.63) is 39.7 Å². The molecule has 0 aliphatic heterocycles. The number of hydrogen-bond donors (Lipinski definition) is 0. The highest BCUT2D eigenvalue weighted by molar-refractivity contribution is 9.10. The molecule has 0 N–H and O–H groups in total. The zero-order chi connectivity index (χ0) is 10.6. The molecule has 0 unspecified atom stereocenters. The van der Waals surface area contributed by atoms with Gasteiger partial charge in [-0.05, 0) is 13.0 Å². The highest BCUT2D eigenvalue weighted by Crippen LogP contribution is 2.24. The standard InChI is InChI=1S/C10H8BrNO2/c1-3-14-10(13)8-6-7(11)4-5-9(8)12-2/h4-6H,3H2,1H3. The Bertz CT molecular complexity index is 396. The van der Waals surface area contributed by atoms with Crippen LogP contribution in [0, 0.1) is 6.57 Å². The number of carbonyl (C=O) groups excluding carboxylic acids is 1. The molecule has 0 radical (unpaired) electrons. The average Bonchev–Trinajstić information content (AvgIpc) is 2.18. The van der Waals surface area contributed by atoms with Crippen LogP contribution < -0.4 is 0 Å². The van der Waals surface area contributed by atoms with E-state index in [0.717, 1.165) is 4.47 Å². The molecule has 4 heteroatoms. The minimum atomic E-state index is -0.459. The van der Waals surface area contributed by atoms with Crippen LogP contribution in [0.25, 0.3) is 4.85 Å². The number of halogens is 1. The van der Waals surface area contributed by atoms with Crippen LogP contribution in [0.15, 0.2) is 22.7 Å². The van der Waals surface area contributed by atoms with Crippen molar-refractivity contribution in [3.8, 4) is 0 Å². The predicted molar refractivity (Wildman–Crippen MR) is 56.4 cm³/mol. The molecule has 72 valence electrons. The third-order valence-electron chi connectivity index (χ3n) is 1.57. The molecule has 0 fully saturated rings. The van der Waals surface area contributed by atoms with Crippen LogP contribution in [0.3, 0.4) is 0 Å². The SMILES string of the molecule is [C-]#[N+]c1ccc(Br)cc1C(=O)OCC. The first-order valence-electron chi connectivity index (χ1n) is 4.03. The van der Waals surface area contributed by atoms with Crippen LogP contribution in [-0.2, 0) is 4.74 Å². The molecule has 0 spiro atoms. The largest absolute Gasteiger partial charge is 0.463 e. The van der Waals surface area contributed by atoms with E-state index in [9.17, 15) is 4.79 Å². The normalized spacial score (nSPS) is 9.21. The molecule has 14 heavy (non-hydrogen) atoms. The molecular weight excluding hydrogens is 246 g/mol. The van der Waals surface area contributed by atoms with E-state index in [0.29, 0.717) is 17.9 Å². The summed E-state index contributed by atoms with van der Waals surface area (Å²) in [7, 11) is 0. The molecule has 0 atom stereocenters. The van der Waals surface area contributed by atoms with E-state index in [1.165, 1.54) is 0 Å². The van der Waals surface area contributed by atoms with Gasteiger partial charge in [-0.15, -0.1) is 0 Å². The van der Waals surface area contributed by atoms with Crippen LogP contribution in [0.1, 0.15) is 17.3 Å². The number of ether oxygens (including phenoxy) is 1. The first-order chi connectivity index (χ1) is 6.69. The van der Waals surface area contributed by atoms with Gasteiger partial charge in [-0.1, -0.05) is 28.1 Å². The van der Waals surface area contributed by atoms with E-state index in [-0.39, 0.29) is 0 Å². The van der Waals surface area contributed by atoms with Crippen LogP contribution in [-0.4, -0.2) is 12.6 Å². The molecule has 3 nitrogen and oxygen atoms in total. The first kappa shape index (κ1) is 10.7. The van der Waals surface area contributed by atoms with E-state index in [2.05, 4.69) is 20.8 Å². The van der Waals surface area contributed by atoms with Gasteiger partial charge < -0.3 is 4.74 Å². The summed E-state index contributed by atoms with van der Waals surface area (Å²) >= 11 is 3.23. The smallest absolute Gasteiger partial charge is 0.327 e. The van der Waals surface area contributed by atoms with Crippen molar-refractivity contribution < 1.29 is 9.53 Å². The van der Waals surface area contributed by atoms with E-state index in [1.807, 2.05) is 0 Å². The lowest BCUT2D eigenvalue weighted by molar-refractivity contribution is 0.0527. The van der Waals surface area contributed by atoms with E-state index in [4.69, 9.17) is 11.3 Å². The lowest BCUT2D eigenvalue weighted by Gasteiger charge is -2.03. The van der Waals surface area contributed by atoms with Crippen LogP contribution >= 0.6 is 15.9 Å². The lowest BCUT2D eigenvalue weighted by Crippen LogP contribution is -2.04. The summed E-state index contributed by atoms with van der Waals surface area (Å²) in [5.41, 5.74) is 0.614. The molecule has 1 aromatic carbocycles. The van der Waals surface area contributed by atoms with Gasteiger partial charge in [-0.3, -0.25) is 0 Å². The number of carbonyl (C=O) groups is 1. The molecule has 0 aromatic heterocycles. The molecule has 1 aromatic rings. The Hall–Kier alpha value is -1.34. The Labute approximate surface area is 90.6 Å². The monoisotopic (exact) mass is 253 g/mol. The second kappa shape index (κ2) is 4.77.